The molecule has 0 unspecified atom stereocenters. The maximum atomic E-state index is 6.50. The average Bonchev–Trinajstić information content (AvgIpc) is 3.68. The Morgan fingerprint density at radius 2 is 0.745 bits per heavy atom. The number of hydrogen-bond donors (Lipinski definition) is 0. The topological polar surface area (TPSA) is 13.1 Å². The zero-order valence-electron chi connectivity index (χ0n) is 25.4. The molecule has 0 saturated carbocycles. The molecule has 9 aromatic carbocycles. The first kappa shape index (κ1) is 25.1. The number of benzene rings is 9. The second-order valence-corrected chi connectivity index (χ2v) is 12.8. The lowest BCUT2D eigenvalue weighted by molar-refractivity contribution is 0.669. The Bertz CT molecular complexity index is 2890. The molecular weight excluding hydrogens is 569 g/mol. The van der Waals surface area contributed by atoms with Gasteiger partial charge in [-0.05, 0) is 112 Å². The van der Waals surface area contributed by atoms with E-state index in [1.54, 1.807) is 0 Å². The van der Waals surface area contributed by atoms with Gasteiger partial charge in [-0.1, -0.05) is 133 Å². The van der Waals surface area contributed by atoms with Gasteiger partial charge in [0.1, 0.15) is 11.2 Å². The third-order valence-corrected chi connectivity index (χ3v) is 10.4. The highest BCUT2D eigenvalue weighted by Crippen LogP contribution is 2.50. The van der Waals surface area contributed by atoms with Gasteiger partial charge in [0.25, 0.3) is 0 Å². The van der Waals surface area contributed by atoms with Crippen molar-refractivity contribution < 1.29 is 4.42 Å². The summed E-state index contributed by atoms with van der Waals surface area (Å²) in [4.78, 5) is 0. The van der Waals surface area contributed by atoms with Gasteiger partial charge in [0.2, 0.25) is 0 Å². The van der Waals surface area contributed by atoms with Gasteiger partial charge < -0.3 is 4.42 Å². The van der Waals surface area contributed by atoms with Gasteiger partial charge in [-0.2, -0.15) is 0 Å². The van der Waals surface area contributed by atoms with Crippen molar-refractivity contribution in [1.82, 2.24) is 0 Å². The summed E-state index contributed by atoms with van der Waals surface area (Å²) in [6.45, 7) is 0. The van der Waals surface area contributed by atoms with Gasteiger partial charge in [-0.3, -0.25) is 0 Å². The lowest BCUT2D eigenvalue weighted by atomic mass is 9.91. The highest BCUT2D eigenvalue weighted by atomic mass is 16.3. The molecule has 0 saturated heterocycles. The van der Waals surface area contributed by atoms with Crippen LogP contribution in [0.15, 0.2) is 162 Å². The minimum atomic E-state index is 0.909. The fraction of sp³-hybridized carbons (Fsp3) is 0. The van der Waals surface area contributed by atoms with Crippen molar-refractivity contribution >= 4 is 65.0 Å². The summed E-state index contributed by atoms with van der Waals surface area (Å²) in [5.41, 5.74) is 11.9. The molecular formula is C46H26O. The molecule has 1 heterocycles. The Kier molecular flexibility index (Phi) is 4.90. The van der Waals surface area contributed by atoms with E-state index in [1.165, 1.54) is 87.6 Å². The van der Waals surface area contributed by atoms with Crippen molar-refractivity contribution in [3.8, 4) is 44.5 Å². The standard InChI is InChI=1S/C46H26O/c1-2-11-31-29(9-1)30-10-3-6-14-34(30)41-25-27(19-21-35(31)41)28-20-24-43-42(26-28)46-39(17-8-18-44(46)47-43)36-22-23-40-33-13-5-4-12-32(33)37-15-7-16-38(36)45(37)40/h1-26H. The molecule has 0 amide bonds. The molecule has 1 aliphatic carbocycles. The van der Waals surface area contributed by atoms with Crippen molar-refractivity contribution in [2.24, 2.45) is 0 Å². The van der Waals surface area contributed by atoms with Crippen molar-refractivity contribution in [3.63, 3.8) is 0 Å². The molecule has 0 aliphatic heterocycles. The highest BCUT2D eigenvalue weighted by molar-refractivity contribution is 6.26. The highest BCUT2D eigenvalue weighted by Gasteiger charge is 2.23. The zero-order chi connectivity index (χ0) is 30.6. The molecule has 1 nitrogen and oxygen atoms in total. The molecule has 0 spiro atoms. The monoisotopic (exact) mass is 594 g/mol. The van der Waals surface area contributed by atoms with Crippen molar-refractivity contribution in [3.05, 3.63) is 158 Å². The fourth-order valence-corrected chi connectivity index (χ4v) is 8.36. The number of furan rings is 1. The van der Waals surface area contributed by atoms with Crippen LogP contribution in [-0.2, 0) is 0 Å². The lowest BCUT2D eigenvalue weighted by Crippen LogP contribution is -1.86. The summed E-state index contributed by atoms with van der Waals surface area (Å²) in [7, 11) is 0. The molecule has 10 aromatic rings. The van der Waals surface area contributed by atoms with E-state index in [4.69, 9.17) is 4.42 Å². The second-order valence-electron chi connectivity index (χ2n) is 12.8. The number of hydrogen-bond acceptors (Lipinski definition) is 1. The maximum Gasteiger partial charge on any atom is 0.136 e. The molecule has 0 atom stereocenters. The van der Waals surface area contributed by atoms with Gasteiger partial charge in [0.05, 0.1) is 0 Å². The first-order valence-corrected chi connectivity index (χ1v) is 16.3. The van der Waals surface area contributed by atoms with Gasteiger partial charge in [0.15, 0.2) is 0 Å². The van der Waals surface area contributed by atoms with Gasteiger partial charge in [0, 0.05) is 10.8 Å². The molecule has 1 heteroatoms. The Hall–Kier alpha value is -6.18. The first-order chi connectivity index (χ1) is 23.3. The van der Waals surface area contributed by atoms with E-state index in [0.29, 0.717) is 0 Å². The van der Waals surface area contributed by atoms with Crippen LogP contribution in [0.4, 0.5) is 0 Å². The van der Waals surface area contributed by atoms with Crippen LogP contribution in [0.2, 0.25) is 0 Å². The molecule has 1 aromatic heterocycles. The summed E-state index contributed by atoms with van der Waals surface area (Å²) in [6.07, 6.45) is 0. The summed E-state index contributed by atoms with van der Waals surface area (Å²) >= 11 is 0. The van der Waals surface area contributed by atoms with Gasteiger partial charge >= 0.3 is 0 Å². The van der Waals surface area contributed by atoms with Crippen LogP contribution < -0.4 is 0 Å². The first-order valence-electron chi connectivity index (χ1n) is 16.3. The second kappa shape index (κ2) is 9.19. The number of rotatable bonds is 2. The quantitative estimate of drug-likeness (QED) is 0.182. The Balaban J connectivity index is 1.14. The summed E-state index contributed by atoms with van der Waals surface area (Å²) in [6, 6.07) is 57.7. The predicted octanol–water partition coefficient (Wildman–Crippen LogP) is 13.2. The van der Waals surface area contributed by atoms with Crippen LogP contribution in [0.1, 0.15) is 0 Å². The van der Waals surface area contributed by atoms with E-state index < -0.39 is 0 Å². The normalized spacial score (nSPS) is 12.3. The average molecular weight is 595 g/mol. The number of fused-ring (bicyclic) bond motifs is 12. The van der Waals surface area contributed by atoms with Crippen molar-refractivity contribution in [1.29, 1.82) is 0 Å². The van der Waals surface area contributed by atoms with Crippen LogP contribution in [0.25, 0.3) is 110 Å². The molecule has 11 rings (SSSR count). The van der Waals surface area contributed by atoms with Crippen LogP contribution in [0.3, 0.4) is 0 Å². The summed E-state index contributed by atoms with van der Waals surface area (Å²) in [5, 5.41) is 12.7. The van der Waals surface area contributed by atoms with Crippen molar-refractivity contribution in [2.45, 2.75) is 0 Å². The van der Waals surface area contributed by atoms with Crippen LogP contribution in [0.5, 0.6) is 0 Å². The molecule has 0 N–H and O–H groups in total. The zero-order valence-corrected chi connectivity index (χ0v) is 25.4. The third-order valence-electron chi connectivity index (χ3n) is 10.4. The maximum absolute atomic E-state index is 6.50. The largest absolute Gasteiger partial charge is 0.456 e. The smallest absolute Gasteiger partial charge is 0.136 e. The molecule has 47 heavy (non-hydrogen) atoms. The van der Waals surface area contributed by atoms with Crippen molar-refractivity contribution in [2.75, 3.05) is 0 Å². The van der Waals surface area contributed by atoms with E-state index in [2.05, 4.69) is 158 Å². The van der Waals surface area contributed by atoms with E-state index in [1.807, 2.05) is 0 Å². The van der Waals surface area contributed by atoms with Gasteiger partial charge in [-0.15, -0.1) is 0 Å². The Morgan fingerprint density at radius 3 is 1.47 bits per heavy atom. The molecule has 0 radical (unpaired) electrons. The minimum absolute atomic E-state index is 0.909. The third kappa shape index (κ3) is 3.38. The van der Waals surface area contributed by atoms with E-state index in [0.717, 1.165) is 21.9 Å². The molecule has 0 fully saturated rings. The summed E-state index contributed by atoms with van der Waals surface area (Å²) in [5.74, 6) is 0. The Morgan fingerprint density at radius 1 is 0.255 bits per heavy atom. The van der Waals surface area contributed by atoms with E-state index in [9.17, 15) is 0 Å². The summed E-state index contributed by atoms with van der Waals surface area (Å²) < 4.78 is 6.50. The van der Waals surface area contributed by atoms with Crippen LogP contribution >= 0.6 is 0 Å². The predicted molar refractivity (Wildman–Crippen MR) is 199 cm³/mol. The van der Waals surface area contributed by atoms with E-state index in [-0.39, 0.29) is 0 Å². The molecule has 0 bridgehead atoms. The molecule has 1 aliphatic rings. The van der Waals surface area contributed by atoms with Gasteiger partial charge in [-0.25, -0.2) is 0 Å². The SMILES string of the molecule is c1ccc2c(c1)-c1cccc3c(-c4cccc5oc6ccc(-c7ccc8c9ccccc9c9ccccc9c8c7)cc6c45)ccc-2c13. The van der Waals surface area contributed by atoms with Crippen LogP contribution in [-0.4, -0.2) is 0 Å². The lowest BCUT2D eigenvalue weighted by Gasteiger charge is -2.12. The molecule has 216 valence electrons. The fourth-order valence-electron chi connectivity index (χ4n) is 8.36. The minimum Gasteiger partial charge on any atom is -0.456 e. The van der Waals surface area contributed by atoms with E-state index >= 15 is 0 Å². The van der Waals surface area contributed by atoms with Crippen LogP contribution in [0, 0.1) is 0 Å². The Labute approximate surface area is 270 Å².